The van der Waals surface area contributed by atoms with Crippen molar-refractivity contribution in [1.82, 2.24) is 0 Å². The number of aromatic carboxylic acids is 1. The molecular weight excluding hydrogens is 314 g/mol. The highest BCUT2D eigenvalue weighted by atomic mass is 79.9. The first-order valence-corrected chi connectivity index (χ1v) is 6.28. The van der Waals surface area contributed by atoms with E-state index in [1.54, 1.807) is 7.11 Å². The molecule has 1 aromatic heterocycles. The third kappa shape index (κ3) is 3.08. The molecule has 0 unspecified atom stereocenters. The first-order chi connectivity index (χ1) is 9.11. The Kier molecular flexibility index (Phi) is 4.11. The van der Waals surface area contributed by atoms with Crippen LogP contribution in [0.5, 0.6) is 5.75 Å². The van der Waals surface area contributed by atoms with Gasteiger partial charge in [-0.15, -0.1) is 0 Å². The summed E-state index contributed by atoms with van der Waals surface area (Å²) in [5, 5.41) is 12.1. The third-order valence-corrected chi connectivity index (χ3v) is 3.07. The van der Waals surface area contributed by atoms with Crippen LogP contribution in [-0.4, -0.2) is 18.2 Å². The van der Waals surface area contributed by atoms with Crippen LogP contribution in [0.25, 0.3) is 0 Å². The summed E-state index contributed by atoms with van der Waals surface area (Å²) in [5.41, 5.74) is 0.908. The van der Waals surface area contributed by atoms with Crippen molar-refractivity contribution in [3.05, 3.63) is 46.3 Å². The van der Waals surface area contributed by atoms with Crippen molar-refractivity contribution in [2.75, 3.05) is 12.4 Å². The lowest BCUT2D eigenvalue weighted by molar-refractivity contribution is 0.0694. The number of carbonyl (C=O) groups is 1. The fourth-order valence-corrected chi connectivity index (χ4v) is 2.02. The van der Waals surface area contributed by atoms with Crippen LogP contribution in [0, 0.1) is 0 Å². The second kappa shape index (κ2) is 5.79. The van der Waals surface area contributed by atoms with Crippen molar-refractivity contribution >= 4 is 27.6 Å². The molecule has 0 saturated carbocycles. The van der Waals surface area contributed by atoms with Gasteiger partial charge in [-0.05, 0) is 24.3 Å². The van der Waals surface area contributed by atoms with Gasteiger partial charge in [-0.3, -0.25) is 0 Å². The van der Waals surface area contributed by atoms with Crippen LogP contribution >= 0.6 is 15.9 Å². The monoisotopic (exact) mass is 325 g/mol. The van der Waals surface area contributed by atoms with Crippen molar-refractivity contribution in [3.63, 3.8) is 0 Å². The molecule has 0 aliphatic heterocycles. The van der Waals surface area contributed by atoms with Crippen molar-refractivity contribution in [2.24, 2.45) is 0 Å². The second-order valence-corrected chi connectivity index (χ2v) is 4.68. The Morgan fingerprint density at radius 1 is 1.47 bits per heavy atom. The van der Waals surface area contributed by atoms with Gasteiger partial charge in [0.25, 0.3) is 0 Å². The van der Waals surface area contributed by atoms with Gasteiger partial charge in [-0.25, -0.2) is 4.79 Å². The van der Waals surface area contributed by atoms with Crippen LogP contribution in [0.3, 0.4) is 0 Å². The SMILES string of the molecule is COc1ccc(Br)cc1NCc1occc1C(=O)O. The number of nitrogens with one attached hydrogen (secondary N) is 1. The predicted octanol–water partition coefficient (Wildman–Crippen LogP) is 3.36. The average molecular weight is 326 g/mol. The van der Waals surface area contributed by atoms with Gasteiger partial charge in [-0.2, -0.15) is 0 Å². The largest absolute Gasteiger partial charge is 0.495 e. The van der Waals surface area contributed by atoms with E-state index >= 15 is 0 Å². The number of benzene rings is 1. The summed E-state index contributed by atoms with van der Waals surface area (Å²) >= 11 is 3.37. The molecule has 1 aromatic carbocycles. The van der Waals surface area contributed by atoms with E-state index in [1.807, 2.05) is 18.2 Å². The minimum absolute atomic E-state index is 0.154. The molecule has 6 heteroatoms. The van der Waals surface area contributed by atoms with E-state index in [9.17, 15) is 4.79 Å². The maximum atomic E-state index is 11.0. The molecule has 2 aromatic rings. The van der Waals surface area contributed by atoms with Crippen molar-refractivity contribution in [1.29, 1.82) is 0 Å². The highest BCUT2D eigenvalue weighted by molar-refractivity contribution is 9.10. The number of carboxylic acids is 1. The molecule has 0 fully saturated rings. The molecule has 5 nitrogen and oxygen atoms in total. The van der Waals surface area contributed by atoms with Crippen LogP contribution in [-0.2, 0) is 6.54 Å². The lowest BCUT2D eigenvalue weighted by atomic mass is 10.2. The summed E-state index contributed by atoms with van der Waals surface area (Å²) in [6.45, 7) is 0.265. The molecule has 0 saturated heterocycles. The molecule has 100 valence electrons. The number of carboxylic acid groups (broad SMARTS) is 1. The number of hydrogen-bond donors (Lipinski definition) is 2. The number of methoxy groups -OCH3 is 1. The Morgan fingerprint density at radius 3 is 2.95 bits per heavy atom. The first-order valence-electron chi connectivity index (χ1n) is 5.49. The average Bonchev–Trinajstić information content (AvgIpc) is 2.85. The molecule has 0 aliphatic carbocycles. The summed E-state index contributed by atoms with van der Waals surface area (Å²) in [6, 6.07) is 6.95. The maximum absolute atomic E-state index is 11.0. The Morgan fingerprint density at radius 2 is 2.26 bits per heavy atom. The van der Waals surface area contributed by atoms with Crippen LogP contribution in [0.2, 0.25) is 0 Å². The number of furan rings is 1. The quantitative estimate of drug-likeness (QED) is 0.881. The van der Waals surface area contributed by atoms with Crippen molar-refractivity contribution in [3.8, 4) is 5.75 Å². The van der Waals surface area contributed by atoms with E-state index in [1.165, 1.54) is 12.3 Å². The van der Waals surface area contributed by atoms with E-state index in [-0.39, 0.29) is 12.1 Å². The maximum Gasteiger partial charge on any atom is 0.339 e. The standard InChI is InChI=1S/C13H12BrNO4/c1-18-11-3-2-8(14)6-10(11)15-7-12-9(13(16)17)4-5-19-12/h2-6,15H,7H2,1H3,(H,16,17). The van der Waals surface area contributed by atoms with Crippen LogP contribution in [0.1, 0.15) is 16.1 Å². The minimum Gasteiger partial charge on any atom is -0.495 e. The van der Waals surface area contributed by atoms with Gasteiger partial charge in [0.2, 0.25) is 0 Å². The van der Waals surface area contributed by atoms with Gasteiger partial charge in [0.15, 0.2) is 0 Å². The molecule has 0 radical (unpaired) electrons. The van der Waals surface area contributed by atoms with Crippen LogP contribution < -0.4 is 10.1 Å². The molecule has 19 heavy (non-hydrogen) atoms. The van der Waals surface area contributed by atoms with Crippen molar-refractivity contribution < 1.29 is 19.1 Å². The fourth-order valence-electron chi connectivity index (χ4n) is 1.66. The summed E-state index contributed by atoms with van der Waals surface area (Å²) in [7, 11) is 1.57. The van der Waals surface area contributed by atoms with Gasteiger partial charge in [0.1, 0.15) is 17.1 Å². The zero-order chi connectivity index (χ0) is 13.8. The van der Waals surface area contributed by atoms with E-state index in [4.69, 9.17) is 14.3 Å². The molecule has 1 heterocycles. The minimum atomic E-state index is -1.01. The Labute approximate surface area is 118 Å². The summed E-state index contributed by atoms with van der Waals surface area (Å²) in [6.07, 6.45) is 1.36. The number of rotatable bonds is 5. The van der Waals surface area contributed by atoms with E-state index in [0.29, 0.717) is 11.5 Å². The number of hydrogen-bond acceptors (Lipinski definition) is 4. The summed E-state index contributed by atoms with van der Waals surface area (Å²) in [4.78, 5) is 11.0. The Balaban J connectivity index is 2.16. The first kappa shape index (κ1) is 13.5. The predicted molar refractivity (Wildman–Crippen MR) is 73.7 cm³/mol. The molecule has 0 amide bonds. The Hall–Kier alpha value is -1.95. The zero-order valence-electron chi connectivity index (χ0n) is 10.1. The highest BCUT2D eigenvalue weighted by Crippen LogP contribution is 2.28. The lowest BCUT2D eigenvalue weighted by Crippen LogP contribution is -2.05. The van der Waals surface area contributed by atoms with Crippen molar-refractivity contribution in [2.45, 2.75) is 6.54 Å². The van der Waals surface area contributed by atoms with Crippen LogP contribution in [0.4, 0.5) is 5.69 Å². The van der Waals surface area contributed by atoms with Gasteiger partial charge in [-0.1, -0.05) is 15.9 Å². The van der Waals surface area contributed by atoms with Gasteiger partial charge >= 0.3 is 5.97 Å². The van der Waals surface area contributed by atoms with Gasteiger partial charge in [0, 0.05) is 4.47 Å². The van der Waals surface area contributed by atoms with E-state index < -0.39 is 5.97 Å². The topological polar surface area (TPSA) is 71.7 Å². The molecule has 0 bridgehead atoms. The fraction of sp³-hybridized carbons (Fsp3) is 0.154. The van der Waals surface area contributed by atoms with Crippen LogP contribution in [0.15, 0.2) is 39.4 Å². The molecular formula is C13H12BrNO4. The smallest absolute Gasteiger partial charge is 0.339 e. The number of anilines is 1. The third-order valence-electron chi connectivity index (χ3n) is 2.58. The highest BCUT2D eigenvalue weighted by Gasteiger charge is 2.13. The van der Waals surface area contributed by atoms with Gasteiger partial charge in [0.05, 0.1) is 25.6 Å². The molecule has 2 N–H and O–H groups in total. The summed E-state index contributed by atoms with van der Waals surface area (Å²) in [5.74, 6) is 0.0351. The zero-order valence-corrected chi connectivity index (χ0v) is 11.7. The summed E-state index contributed by atoms with van der Waals surface area (Å²) < 4.78 is 11.3. The molecule has 2 rings (SSSR count). The van der Waals surface area contributed by atoms with E-state index in [0.717, 1.165) is 10.2 Å². The number of ether oxygens (including phenoxy) is 1. The normalized spacial score (nSPS) is 10.2. The van der Waals surface area contributed by atoms with E-state index in [2.05, 4.69) is 21.2 Å². The molecule has 0 atom stereocenters. The molecule has 0 aliphatic rings. The van der Waals surface area contributed by atoms with Gasteiger partial charge < -0.3 is 19.6 Å². The molecule has 0 spiro atoms. The second-order valence-electron chi connectivity index (χ2n) is 3.76. The lowest BCUT2D eigenvalue weighted by Gasteiger charge is -2.10. The Bertz CT molecular complexity index is 594. The number of halogens is 1.